The van der Waals surface area contributed by atoms with Crippen molar-refractivity contribution < 1.29 is 19.1 Å². The van der Waals surface area contributed by atoms with Crippen LogP contribution in [0.25, 0.3) is 0 Å². The molecule has 0 aliphatic rings. The van der Waals surface area contributed by atoms with E-state index < -0.39 is 6.10 Å². The smallest absolute Gasteiger partial charge is 0.260 e. The number of ketones is 1. The maximum Gasteiger partial charge on any atom is 0.260 e. The zero-order valence-corrected chi connectivity index (χ0v) is 14.8. The third-order valence-electron chi connectivity index (χ3n) is 3.68. The highest BCUT2D eigenvalue weighted by Gasteiger charge is 2.16. The Morgan fingerprint density at radius 1 is 1.21 bits per heavy atom. The molecule has 1 aromatic rings. The van der Waals surface area contributed by atoms with Crippen molar-refractivity contribution in [2.45, 2.75) is 40.2 Å². The minimum Gasteiger partial charge on any atom is -0.481 e. The summed E-state index contributed by atoms with van der Waals surface area (Å²) in [6.07, 6.45) is -0.448. The van der Waals surface area contributed by atoms with Gasteiger partial charge in [0.2, 0.25) is 5.91 Å². The van der Waals surface area contributed by atoms with Crippen molar-refractivity contribution in [3.05, 3.63) is 29.8 Å². The molecular weight excluding hydrogens is 308 g/mol. The van der Waals surface area contributed by atoms with E-state index in [-0.39, 0.29) is 30.6 Å². The molecule has 2 amide bonds. The Morgan fingerprint density at radius 2 is 1.88 bits per heavy atom. The van der Waals surface area contributed by atoms with Crippen LogP contribution in [-0.2, 0) is 9.59 Å². The fraction of sp³-hybridized carbons (Fsp3) is 0.500. The Hall–Kier alpha value is -2.37. The summed E-state index contributed by atoms with van der Waals surface area (Å²) in [5, 5.41) is 2.70. The van der Waals surface area contributed by atoms with Crippen LogP contribution in [0.3, 0.4) is 0 Å². The van der Waals surface area contributed by atoms with Crippen molar-refractivity contribution in [1.29, 1.82) is 0 Å². The van der Waals surface area contributed by atoms with Gasteiger partial charge in [0.15, 0.2) is 11.9 Å². The Balaban J connectivity index is 2.46. The van der Waals surface area contributed by atoms with Crippen LogP contribution in [0, 0.1) is 0 Å². The molecule has 1 atom stereocenters. The maximum atomic E-state index is 12.0. The van der Waals surface area contributed by atoms with E-state index in [2.05, 4.69) is 5.32 Å². The number of amides is 2. The highest BCUT2D eigenvalue weighted by Crippen LogP contribution is 2.15. The van der Waals surface area contributed by atoms with Gasteiger partial charge in [0, 0.05) is 31.6 Å². The number of rotatable bonds is 9. The van der Waals surface area contributed by atoms with Crippen molar-refractivity contribution in [3.63, 3.8) is 0 Å². The van der Waals surface area contributed by atoms with E-state index in [1.54, 1.807) is 36.1 Å². The third-order valence-corrected chi connectivity index (χ3v) is 3.68. The SMILES string of the molecule is CCN(CC)C(=O)CCNC(=O)[C@@H](C)Oc1cccc(C(C)=O)c1. The molecule has 0 spiro atoms. The van der Waals surface area contributed by atoms with Crippen LogP contribution in [0.1, 0.15) is 44.5 Å². The van der Waals surface area contributed by atoms with Crippen molar-refractivity contribution in [3.8, 4) is 5.75 Å². The first-order valence-electron chi connectivity index (χ1n) is 8.22. The fourth-order valence-electron chi connectivity index (χ4n) is 2.22. The fourth-order valence-corrected chi connectivity index (χ4v) is 2.22. The molecule has 1 N–H and O–H groups in total. The first-order chi connectivity index (χ1) is 11.4. The molecule has 0 aromatic heterocycles. The molecule has 0 saturated heterocycles. The lowest BCUT2D eigenvalue weighted by molar-refractivity contribution is -0.131. The van der Waals surface area contributed by atoms with Gasteiger partial charge in [-0.05, 0) is 39.8 Å². The quantitative estimate of drug-likeness (QED) is 0.701. The predicted octanol–water partition coefficient (Wildman–Crippen LogP) is 2.03. The maximum absolute atomic E-state index is 12.0. The van der Waals surface area contributed by atoms with E-state index in [1.807, 2.05) is 13.8 Å². The van der Waals surface area contributed by atoms with Gasteiger partial charge in [0.05, 0.1) is 0 Å². The molecule has 0 saturated carbocycles. The summed E-state index contributed by atoms with van der Waals surface area (Å²) in [5.74, 6) is 0.121. The number of carbonyl (C=O) groups excluding carboxylic acids is 3. The third kappa shape index (κ3) is 6.02. The lowest BCUT2D eigenvalue weighted by atomic mass is 10.1. The average Bonchev–Trinajstić information content (AvgIpc) is 2.56. The number of Topliss-reactive ketones (excluding diaryl/α,β-unsaturated/α-hetero) is 1. The van der Waals surface area contributed by atoms with Gasteiger partial charge in [0.1, 0.15) is 5.75 Å². The molecule has 0 bridgehead atoms. The number of nitrogens with zero attached hydrogens (tertiary/aromatic N) is 1. The molecule has 0 aliphatic carbocycles. The van der Waals surface area contributed by atoms with Crippen LogP contribution in [0.5, 0.6) is 5.75 Å². The van der Waals surface area contributed by atoms with E-state index in [9.17, 15) is 14.4 Å². The van der Waals surface area contributed by atoms with Crippen LogP contribution >= 0.6 is 0 Å². The number of carbonyl (C=O) groups is 3. The second-order valence-corrected chi connectivity index (χ2v) is 5.45. The first kappa shape index (κ1) is 19.7. The summed E-state index contributed by atoms with van der Waals surface area (Å²) in [4.78, 5) is 37.0. The van der Waals surface area contributed by atoms with Crippen molar-refractivity contribution in [2.24, 2.45) is 0 Å². The van der Waals surface area contributed by atoms with E-state index in [4.69, 9.17) is 4.74 Å². The summed E-state index contributed by atoms with van der Waals surface area (Å²) in [6.45, 7) is 8.54. The minimum atomic E-state index is -0.712. The number of hydrogen-bond donors (Lipinski definition) is 1. The van der Waals surface area contributed by atoms with E-state index in [1.165, 1.54) is 6.92 Å². The summed E-state index contributed by atoms with van der Waals surface area (Å²) >= 11 is 0. The molecule has 6 heteroatoms. The molecule has 24 heavy (non-hydrogen) atoms. The Kier molecular flexibility index (Phi) is 7.95. The molecule has 132 valence electrons. The van der Waals surface area contributed by atoms with Crippen LogP contribution in [-0.4, -0.2) is 48.2 Å². The van der Waals surface area contributed by atoms with Gasteiger partial charge in [-0.25, -0.2) is 0 Å². The van der Waals surface area contributed by atoms with Crippen LogP contribution in [0.4, 0.5) is 0 Å². The highest BCUT2D eigenvalue weighted by atomic mass is 16.5. The van der Waals surface area contributed by atoms with Gasteiger partial charge < -0.3 is 15.0 Å². The molecule has 0 unspecified atom stereocenters. The zero-order chi connectivity index (χ0) is 18.1. The number of hydrogen-bond acceptors (Lipinski definition) is 4. The number of nitrogens with one attached hydrogen (secondary N) is 1. The lowest BCUT2D eigenvalue weighted by Crippen LogP contribution is -2.39. The topological polar surface area (TPSA) is 75.7 Å². The van der Waals surface area contributed by atoms with Crippen molar-refractivity contribution in [2.75, 3.05) is 19.6 Å². The number of benzene rings is 1. The van der Waals surface area contributed by atoms with Crippen molar-refractivity contribution in [1.82, 2.24) is 10.2 Å². The Labute approximate surface area is 143 Å². The van der Waals surface area contributed by atoms with E-state index in [0.29, 0.717) is 24.4 Å². The Morgan fingerprint density at radius 3 is 2.46 bits per heavy atom. The molecule has 1 aromatic carbocycles. The van der Waals surface area contributed by atoms with Crippen LogP contribution in [0.15, 0.2) is 24.3 Å². The zero-order valence-electron chi connectivity index (χ0n) is 14.8. The molecule has 0 radical (unpaired) electrons. The number of ether oxygens (including phenoxy) is 1. The molecule has 0 heterocycles. The summed E-state index contributed by atoms with van der Waals surface area (Å²) < 4.78 is 5.55. The normalized spacial score (nSPS) is 11.5. The van der Waals surface area contributed by atoms with Gasteiger partial charge in [-0.1, -0.05) is 12.1 Å². The van der Waals surface area contributed by atoms with Gasteiger partial charge in [-0.2, -0.15) is 0 Å². The van der Waals surface area contributed by atoms with Gasteiger partial charge in [-0.15, -0.1) is 0 Å². The van der Waals surface area contributed by atoms with Gasteiger partial charge in [-0.3, -0.25) is 14.4 Å². The molecule has 0 aliphatic heterocycles. The molecule has 6 nitrogen and oxygen atoms in total. The predicted molar refractivity (Wildman–Crippen MR) is 92.1 cm³/mol. The molecular formula is C18H26N2O4. The Bertz CT molecular complexity index is 582. The van der Waals surface area contributed by atoms with E-state index >= 15 is 0 Å². The highest BCUT2D eigenvalue weighted by molar-refractivity contribution is 5.94. The second-order valence-electron chi connectivity index (χ2n) is 5.45. The standard InChI is InChI=1S/C18H26N2O4/c1-5-20(6-2)17(22)10-11-19-18(23)14(4)24-16-9-7-8-15(12-16)13(3)21/h7-9,12,14H,5-6,10-11H2,1-4H3,(H,19,23)/t14-/m1/s1. The van der Waals surface area contributed by atoms with Gasteiger partial charge in [0.25, 0.3) is 5.91 Å². The second kappa shape index (κ2) is 9.70. The van der Waals surface area contributed by atoms with Crippen molar-refractivity contribution >= 4 is 17.6 Å². The van der Waals surface area contributed by atoms with Crippen LogP contribution < -0.4 is 10.1 Å². The lowest BCUT2D eigenvalue weighted by Gasteiger charge is -2.19. The van der Waals surface area contributed by atoms with E-state index in [0.717, 1.165) is 0 Å². The summed E-state index contributed by atoms with van der Waals surface area (Å²) in [7, 11) is 0. The summed E-state index contributed by atoms with van der Waals surface area (Å²) in [5.41, 5.74) is 0.532. The van der Waals surface area contributed by atoms with Gasteiger partial charge >= 0.3 is 0 Å². The largest absolute Gasteiger partial charge is 0.481 e. The minimum absolute atomic E-state index is 0.0167. The average molecular weight is 334 g/mol. The molecule has 0 fully saturated rings. The van der Waals surface area contributed by atoms with Crippen LogP contribution in [0.2, 0.25) is 0 Å². The monoisotopic (exact) mass is 334 g/mol. The molecule has 1 rings (SSSR count). The summed E-state index contributed by atoms with van der Waals surface area (Å²) in [6, 6.07) is 6.70. The first-order valence-corrected chi connectivity index (χ1v) is 8.22.